The zero-order chi connectivity index (χ0) is 13.9. The first-order chi connectivity index (χ1) is 9.75. The van der Waals surface area contributed by atoms with Crippen LogP contribution in [0, 0.1) is 5.82 Å². The van der Waals surface area contributed by atoms with Gasteiger partial charge in [0.25, 0.3) is 0 Å². The summed E-state index contributed by atoms with van der Waals surface area (Å²) in [5.41, 5.74) is 2.15. The van der Waals surface area contributed by atoms with Gasteiger partial charge in [-0.1, -0.05) is 12.1 Å². The highest BCUT2D eigenvalue weighted by Crippen LogP contribution is 2.32. The molecule has 0 saturated carbocycles. The molecule has 2 aromatic rings. The molecule has 1 aliphatic heterocycles. The number of likely N-dealkylation sites (tertiary alicyclic amines) is 1. The van der Waals surface area contributed by atoms with Crippen LogP contribution in [0.1, 0.15) is 24.5 Å². The standard InChI is InChI=1S/C16H18FN3/c1-20-10-4-5-12(11-20)15-16(19-9-8-18-15)13-6-2-3-7-14(13)17/h2-3,6-9,12H,4-5,10-11H2,1H3/t12-/m1/s1. The second-order valence-electron chi connectivity index (χ2n) is 5.37. The van der Waals surface area contributed by atoms with Gasteiger partial charge in [0.1, 0.15) is 5.82 Å². The van der Waals surface area contributed by atoms with Crippen molar-refractivity contribution >= 4 is 0 Å². The second-order valence-corrected chi connectivity index (χ2v) is 5.37. The molecular weight excluding hydrogens is 253 g/mol. The minimum Gasteiger partial charge on any atom is -0.306 e. The number of nitrogens with zero attached hydrogens (tertiary/aromatic N) is 3. The maximum atomic E-state index is 14.0. The third kappa shape index (κ3) is 2.56. The number of benzene rings is 1. The molecule has 1 aromatic carbocycles. The lowest BCUT2D eigenvalue weighted by molar-refractivity contribution is 0.248. The highest BCUT2D eigenvalue weighted by molar-refractivity contribution is 5.62. The Morgan fingerprint density at radius 3 is 2.80 bits per heavy atom. The molecule has 1 atom stereocenters. The molecule has 1 saturated heterocycles. The quantitative estimate of drug-likeness (QED) is 0.840. The topological polar surface area (TPSA) is 29.0 Å². The molecule has 1 aromatic heterocycles. The van der Waals surface area contributed by atoms with Crippen molar-refractivity contribution in [3.05, 3.63) is 48.2 Å². The van der Waals surface area contributed by atoms with E-state index in [4.69, 9.17) is 0 Å². The lowest BCUT2D eigenvalue weighted by Gasteiger charge is -2.30. The number of halogens is 1. The van der Waals surface area contributed by atoms with E-state index in [0.717, 1.165) is 31.6 Å². The van der Waals surface area contributed by atoms with Gasteiger partial charge in [0.05, 0.1) is 11.4 Å². The van der Waals surface area contributed by atoms with Gasteiger partial charge >= 0.3 is 0 Å². The SMILES string of the molecule is CN1CCC[C@@H](c2nccnc2-c2ccccc2F)C1. The van der Waals surface area contributed by atoms with E-state index in [9.17, 15) is 4.39 Å². The first-order valence-corrected chi connectivity index (χ1v) is 7.00. The number of rotatable bonds is 2. The minimum atomic E-state index is -0.238. The monoisotopic (exact) mass is 271 g/mol. The number of likely N-dealkylation sites (N-methyl/N-ethyl adjacent to an activating group) is 1. The normalized spacial score (nSPS) is 20.0. The molecule has 0 bridgehead atoms. The van der Waals surface area contributed by atoms with Crippen molar-refractivity contribution in [1.82, 2.24) is 14.9 Å². The van der Waals surface area contributed by atoms with Gasteiger partial charge in [0, 0.05) is 30.4 Å². The van der Waals surface area contributed by atoms with Gasteiger partial charge in [-0.3, -0.25) is 9.97 Å². The number of aromatic nitrogens is 2. The average Bonchev–Trinajstić information content (AvgIpc) is 2.48. The maximum absolute atomic E-state index is 14.0. The Hall–Kier alpha value is -1.81. The zero-order valence-electron chi connectivity index (χ0n) is 11.6. The van der Waals surface area contributed by atoms with Gasteiger partial charge in [-0.25, -0.2) is 4.39 Å². The van der Waals surface area contributed by atoms with E-state index in [1.165, 1.54) is 6.07 Å². The second kappa shape index (κ2) is 5.67. The van der Waals surface area contributed by atoms with Gasteiger partial charge in [-0.15, -0.1) is 0 Å². The molecule has 3 rings (SSSR count). The highest BCUT2D eigenvalue weighted by Gasteiger charge is 2.24. The Labute approximate surface area is 118 Å². The number of piperidine rings is 1. The van der Waals surface area contributed by atoms with Crippen LogP contribution >= 0.6 is 0 Å². The van der Waals surface area contributed by atoms with E-state index in [-0.39, 0.29) is 5.82 Å². The molecule has 2 heterocycles. The Balaban J connectivity index is 2.02. The first kappa shape index (κ1) is 13.2. The van der Waals surface area contributed by atoms with Crippen LogP contribution in [0.15, 0.2) is 36.7 Å². The van der Waals surface area contributed by atoms with Crippen molar-refractivity contribution in [3.63, 3.8) is 0 Å². The van der Waals surface area contributed by atoms with Crippen LogP contribution in [0.3, 0.4) is 0 Å². The van der Waals surface area contributed by atoms with Gasteiger partial charge < -0.3 is 4.90 Å². The molecule has 0 N–H and O–H groups in total. The van der Waals surface area contributed by atoms with Gasteiger partial charge in [-0.2, -0.15) is 0 Å². The third-order valence-electron chi connectivity index (χ3n) is 3.87. The lowest BCUT2D eigenvalue weighted by Crippen LogP contribution is -2.31. The van der Waals surface area contributed by atoms with E-state index in [0.29, 0.717) is 17.2 Å². The molecule has 4 heteroatoms. The summed E-state index contributed by atoms with van der Waals surface area (Å²) < 4.78 is 14.0. The molecule has 0 radical (unpaired) electrons. The van der Waals surface area contributed by atoms with Crippen molar-refractivity contribution in [1.29, 1.82) is 0 Å². The molecule has 0 amide bonds. The fourth-order valence-corrected chi connectivity index (χ4v) is 2.90. The fraction of sp³-hybridized carbons (Fsp3) is 0.375. The van der Waals surface area contributed by atoms with Crippen molar-refractivity contribution in [2.24, 2.45) is 0 Å². The van der Waals surface area contributed by atoms with Crippen LogP contribution in [0.2, 0.25) is 0 Å². The molecule has 104 valence electrons. The fourth-order valence-electron chi connectivity index (χ4n) is 2.90. The molecular formula is C16H18FN3. The molecule has 20 heavy (non-hydrogen) atoms. The smallest absolute Gasteiger partial charge is 0.132 e. The lowest BCUT2D eigenvalue weighted by atomic mass is 9.91. The Morgan fingerprint density at radius 2 is 2.00 bits per heavy atom. The molecule has 3 nitrogen and oxygen atoms in total. The van der Waals surface area contributed by atoms with Gasteiger partial charge in [0.15, 0.2) is 0 Å². The predicted molar refractivity (Wildman–Crippen MR) is 76.9 cm³/mol. The molecule has 0 aliphatic carbocycles. The van der Waals surface area contributed by atoms with E-state index in [1.807, 2.05) is 6.07 Å². The molecule has 0 unspecified atom stereocenters. The summed E-state index contributed by atoms with van der Waals surface area (Å²) in [6.07, 6.45) is 5.57. The Kier molecular flexibility index (Phi) is 3.74. The van der Waals surface area contributed by atoms with Crippen LogP contribution in [0.25, 0.3) is 11.3 Å². The highest BCUT2D eigenvalue weighted by atomic mass is 19.1. The van der Waals surface area contributed by atoms with Crippen LogP contribution in [0.5, 0.6) is 0 Å². The van der Waals surface area contributed by atoms with Gasteiger partial charge in [0.2, 0.25) is 0 Å². The maximum Gasteiger partial charge on any atom is 0.132 e. The van der Waals surface area contributed by atoms with E-state index < -0.39 is 0 Å². The van der Waals surface area contributed by atoms with Crippen LogP contribution in [-0.2, 0) is 0 Å². The summed E-state index contributed by atoms with van der Waals surface area (Å²) in [6, 6.07) is 6.78. The summed E-state index contributed by atoms with van der Waals surface area (Å²) in [5, 5.41) is 0. The first-order valence-electron chi connectivity index (χ1n) is 7.00. The predicted octanol–water partition coefficient (Wildman–Crippen LogP) is 3.09. The van der Waals surface area contributed by atoms with E-state index in [1.54, 1.807) is 24.5 Å². The van der Waals surface area contributed by atoms with Crippen molar-refractivity contribution in [2.45, 2.75) is 18.8 Å². The minimum absolute atomic E-state index is 0.238. The summed E-state index contributed by atoms with van der Waals surface area (Å²) in [4.78, 5) is 11.2. The summed E-state index contributed by atoms with van der Waals surface area (Å²) in [6.45, 7) is 2.08. The van der Waals surface area contributed by atoms with Crippen LogP contribution < -0.4 is 0 Å². The Bertz CT molecular complexity index is 600. The van der Waals surface area contributed by atoms with Gasteiger partial charge in [-0.05, 0) is 38.6 Å². The van der Waals surface area contributed by atoms with E-state index in [2.05, 4.69) is 21.9 Å². The summed E-state index contributed by atoms with van der Waals surface area (Å²) in [7, 11) is 2.12. The van der Waals surface area contributed by atoms with Crippen LogP contribution in [0.4, 0.5) is 4.39 Å². The van der Waals surface area contributed by atoms with Crippen LogP contribution in [-0.4, -0.2) is 35.0 Å². The van der Waals surface area contributed by atoms with Crippen molar-refractivity contribution in [3.8, 4) is 11.3 Å². The largest absolute Gasteiger partial charge is 0.306 e. The third-order valence-corrected chi connectivity index (χ3v) is 3.87. The number of hydrogen-bond donors (Lipinski definition) is 0. The molecule has 1 aliphatic rings. The zero-order valence-corrected chi connectivity index (χ0v) is 11.6. The summed E-state index contributed by atoms with van der Waals surface area (Å²) in [5.74, 6) is 0.0930. The van der Waals surface area contributed by atoms with Crippen molar-refractivity contribution in [2.75, 3.05) is 20.1 Å². The Morgan fingerprint density at radius 1 is 1.20 bits per heavy atom. The molecule has 0 spiro atoms. The average molecular weight is 271 g/mol. The summed E-state index contributed by atoms with van der Waals surface area (Å²) >= 11 is 0. The molecule has 1 fully saturated rings. The number of hydrogen-bond acceptors (Lipinski definition) is 3. The van der Waals surface area contributed by atoms with Crippen molar-refractivity contribution < 1.29 is 4.39 Å². The van der Waals surface area contributed by atoms with E-state index >= 15 is 0 Å².